The fourth-order valence-electron chi connectivity index (χ4n) is 4.27. The molecule has 37 heavy (non-hydrogen) atoms. The van der Waals surface area contributed by atoms with E-state index in [0.717, 1.165) is 35.9 Å². The normalized spacial score (nSPS) is 13.2. The fraction of sp³-hybridized carbons (Fsp3) is 0.375. The lowest BCUT2D eigenvalue weighted by Gasteiger charge is -2.14. The van der Waals surface area contributed by atoms with Crippen molar-refractivity contribution in [3.05, 3.63) is 65.5 Å². The second-order valence-corrected chi connectivity index (χ2v) is 8.64. The molecule has 0 atom stereocenters. The molecule has 1 fully saturated rings. The first-order chi connectivity index (χ1) is 18.1. The summed E-state index contributed by atoms with van der Waals surface area (Å²) in [7, 11) is 3.16. The van der Waals surface area contributed by atoms with E-state index in [0.29, 0.717) is 23.6 Å². The van der Waals surface area contributed by atoms with Crippen molar-refractivity contribution in [2.45, 2.75) is 32.5 Å². The Morgan fingerprint density at radius 3 is 2.65 bits per heavy atom. The van der Waals surface area contributed by atoms with E-state index in [1.165, 1.54) is 23.9 Å². The summed E-state index contributed by atoms with van der Waals surface area (Å²) in [4.78, 5) is 24.4. The third kappa shape index (κ3) is 5.56. The number of nitrogens with one attached hydrogen (secondary N) is 1. The molecule has 1 aliphatic heterocycles. The van der Waals surface area contributed by atoms with Gasteiger partial charge in [-0.3, -0.25) is 9.48 Å². The monoisotopic (exact) mass is 504 g/mol. The summed E-state index contributed by atoms with van der Waals surface area (Å²) in [6, 6.07) is 5.48. The molecule has 3 aromatic heterocycles. The van der Waals surface area contributed by atoms with Crippen LogP contribution in [0.5, 0.6) is 5.75 Å². The largest absolute Gasteiger partial charge is 0.497 e. The van der Waals surface area contributed by atoms with E-state index in [2.05, 4.69) is 40.8 Å². The average molecular weight is 505 g/mol. The van der Waals surface area contributed by atoms with Crippen LogP contribution in [0.2, 0.25) is 0 Å². The van der Waals surface area contributed by atoms with E-state index in [1.807, 2.05) is 18.2 Å². The number of benzene rings is 1. The third-order valence-corrected chi connectivity index (χ3v) is 6.11. The van der Waals surface area contributed by atoms with Gasteiger partial charge in [-0.1, -0.05) is 0 Å². The number of carbonyl (C=O) groups excluding carboxylic acids is 1. The van der Waals surface area contributed by atoms with Crippen LogP contribution in [-0.2, 0) is 24.4 Å². The topological polar surface area (TPSA) is 138 Å². The van der Waals surface area contributed by atoms with Crippen LogP contribution in [0, 0.1) is 0 Å². The predicted molar refractivity (Wildman–Crippen MR) is 132 cm³/mol. The molecule has 0 saturated carbocycles. The third-order valence-electron chi connectivity index (χ3n) is 6.11. The number of carbonyl (C=O) groups is 1. The minimum atomic E-state index is -0.274. The minimum Gasteiger partial charge on any atom is -0.497 e. The summed E-state index contributed by atoms with van der Waals surface area (Å²) in [5.74, 6) is 1.14. The molecular weight excluding hydrogens is 476 g/mol. The average Bonchev–Trinajstić information content (AvgIpc) is 3.71. The molecule has 1 amide bonds. The number of methoxy groups -OCH3 is 2. The summed E-state index contributed by atoms with van der Waals surface area (Å²) in [6.45, 7) is 2.85. The Hall–Kier alpha value is -4.39. The molecule has 192 valence electrons. The molecule has 1 aromatic carbocycles. The summed E-state index contributed by atoms with van der Waals surface area (Å²) in [6.07, 6.45) is 9.16. The maximum absolute atomic E-state index is 13.2. The number of tetrazole rings is 1. The van der Waals surface area contributed by atoms with Gasteiger partial charge in [0.25, 0.3) is 5.91 Å². The highest BCUT2D eigenvalue weighted by molar-refractivity contribution is 5.95. The number of anilines is 1. The Labute approximate surface area is 213 Å². The number of ether oxygens (including phenoxy) is 2. The minimum absolute atomic E-state index is 0.204. The van der Waals surface area contributed by atoms with Crippen LogP contribution >= 0.6 is 0 Å². The number of hydrogen-bond acceptors (Lipinski definition) is 10. The van der Waals surface area contributed by atoms with Crippen molar-refractivity contribution < 1.29 is 14.3 Å². The molecule has 0 bridgehead atoms. The van der Waals surface area contributed by atoms with Gasteiger partial charge in [-0.05, 0) is 41.5 Å². The van der Waals surface area contributed by atoms with Gasteiger partial charge in [0.15, 0.2) is 0 Å². The lowest BCUT2D eigenvalue weighted by Crippen LogP contribution is -2.24. The molecule has 1 aliphatic rings. The highest BCUT2D eigenvalue weighted by atomic mass is 16.5. The van der Waals surface area contributed by atoms with Crippen molar-refractivity contribution in [2.24, 2.45) is 0 Å². The molecule has 0 radical (unpaired) electrons. The molecule has 0 spiro atoms. The first kappa shape index (κ1) is 24.3. The van der Waals surface area contributed by atoms with Gasteiger partial charge in [0.2, 0.25) is 5.95 Å². The molecule has 4 aromatic rings. The van der Waals surface area contributed by atoms with Gasteiger partial charge in [-0.2, -0.15) is 5.10 Å². The van der Waals surface area contributed by atoms with E-state index in [1.54, 1.807) is 37.5 Å². The predicted octanol–water partition coefficient (Wildman–Crippen LogP) is 1.38. The van der Waals surface area contributed by atoms with E-state index in [9.17, 15) is 4.79 Å². The van der Waals surface area contributed by atoms with Gasteiger partial charge >= 0.3 is 0 Å². The second-order valence-electron chi connectivity index (χ2n) is 8.64. The molecule has 1 N–H and O–H groups in total. The summed E-state index contributed by atoms with van der Waals surface area (Å²) in [5.41, 5.74) is 3.39. The Morgan fingerprint density at radius 1 is 1.14 bits per heavy atom. The van der Waals surface area contributed by atoms with Crippen LogP contribution in [0.25, 0.3) is 5.69 Å². The van der Waals surface area contributed by atoms with E-state index >= 15 is 0 Å². The number of aromatic nitrogens is 8. The summed E-state index contributed by atoms with van der Waals surface area (Å²) < 4.78 is 13.9. The standard InChI is InChI=1S/C24H28N10O3/c1-36-15-21-20(14-33(29-21)13-17-10-26-24(27-11-17)32-7-3-4-8-32)23(35)25-12-18-9-19(37-2)5-6-22(18)34-16-28-30-31-34/h5-6,9-11,14,16H,3-4,7-8,12-13,15H2,1-2H3,(H,25,35). The van der Waals surface area contributed by atoms with Crippen molar-refractivity contribution in [1.29, 1.82) is 0 Å². The van der Waals surface area contributed by atoms with E-state index in [4.69, 9.17) is 9.47 Å². The maximum Gasteiger partial charge on any atom is 0.255 e. The molecule has 13 heteroatoms. The molecule has 4 heterocycles. The van der Waals surface area contributed by atoms with Crippen LogP contribution in [0.1, 0.15) is 40.0 Å². The summed E-state index contributed by atoms with van der Waals surface area (Å²) in [5, 5.41) is 18.9. The number of nitrogens with zero attached hydrogens (tertiary/aromatic N) is 9. The maximum atomic E-state index is 13.2. The highest BCUT2D eigenvalue weighted by Crippen LogP contribution is 2.21. The zero-order valence-electron chi connectivity index (χ0n) is 20.7. The van der Waals surface area contributed by atoms with Gasteiger partial charge in [0, 0.05) is 56.5 Å². The zero-order chi connectivity index (χ0) is 25.6. The molecule has 1 saturated heterocycles. The molecular formula is C24H28N10O3. The van der Waals surface area contributed by atoms with Crippen molar-refractivity contribution in [3.8, 4) is 11.4 Å². The van der Waals surface area contributed by atoms with Crippen LogP contribution < -0.4 is 15.0 Å². The fourth-order valence-corrected chi connectivity index (χ4v) is 4.27. The SMILES string of the molecule is COCc1nn(Cc2cnc(N3CCCC3)nc2)cc1C(=O)NCc1cc(OC)ccc1-n1cnnn1. The Morgan fingerprint density at radius 2 is 1.95 bits per heavy atom. The Balaban J connectivity index is 1.30. The van der Waals surface area contributed by atoms with E-state index < -0.39 is 0 Å². The Bertz CT molecular complexity index is 1330. The van der Waals surface area contributed by atoms with Crippen molar-refractivity contribution in [3.63, 3.8) is 0 Å². The number of rotatable bonds is 10. The molecule has 0 unspecified atom stereocenters. The first-order valence-corrected chi connectivity index (χ1v) is 11.9. The number of hydrogen-bond donors (Lipinski definition) is 1. The number of amides is 1. The highest BCUT2D eigenvalue weighted by Gasteiger charge is 2.19. The molecule has 0 aliphatic carbocycles. The van der Waals surface area contributed by atoms with Gasteiger partial charge in [0.1, 0.15) is 17.8 Å². The zero-order valence-corrected chi connectivity index (χ0v) is 20.7. The second kappa shape index (κ2) is 11.1. The van der Waals surface area contributed by atoms with Crippen LogP contribution in [0.4, 0.5) is 5.95 Å². The molecule has 5 rings (SSSR count). The van der Waals surface area contributed by atoms with Crippen molar-refractivity contribution in [2.75, 3.05) is 32.2 Å². The van der Waals surface area contributed by atoms with Crippen molar-refractivity contribution >= 4 is 11.9 Å². The van der Waals surface area contributed by atoms with Gasteiger partial charge < -0.3 is 19.7 Å². The molecule has 13 nitrogen and oxygen atoms in total. The lowest BCUT2D eigenvalue weighted by atomic mass is 10.1. The smallest absolute Gasteiger partial charge is 0.255 e. The van der Waals surface area contributed by atoms with Crippen LogP contribution in [0.15, 0.2) is 43.1 Å². The first-order valence-electron chi connectivity index (χ1n) is 11.9. The summed E-state index contributed by atoms with van der Waals surface area (Å²) >= 11 is 0. The van der Waals surface area contributed by atoms with Gasteiger partial charge in [0.05, 0.1) is 31.5 Å². The van der Waals surface area contributed by atoms with Crippen LogP contribution in [0.3, 0.4) is 0 Å². The van der Waals surface area contributed by atoms with E-state index in [-0.39, 0.29) is 19.1 Å². The van der Waals surface area contributed by atoms with Gasteiger partial charge in [-0.25, -0.2) is 14.6 Å². The lowest BCUT2D eigenvalue weighted by molar-refractivity contribution is 0.0946. The van der Waals surface area contributed by atoms with Crippen LogP contribution in [-0.4, -0.2) is 73.2 Å². The van der Waals surface area contributed by atoms with Gasteiger partial charge in [-0.15, -0.1) is 5.10 Å². The van der Waals surface area contributed by atoms with Crippen molar-refractivity contribution in [1.82, 2.24) is 45.3 Å². The Kier molecular flexibility index (Phi) is 7.31. The quantitative estimate of drug-likeness (QED) is 0.337.